The Morgan fingerprint density at radius 2 is 1.38 bits per heavy atom. The molecule has 3 nitrogen and oxygen atoms in total. The Kier molecular flexibility index (Phi) is 21.9. The van der Waals surface area contributed by atoms with E-state index in [0.29, 0.717) is 18.9 Å². The number of carbonyl (C=O) groups excluding carboxylic acids is 1. The molecule has 1 rings (SSSR count). The zero-order chi connectivity index (χ0) is 27.0. The number of hydrogen-bond donors (Lipinski definition) is 0. The molecule has 0 N–H and O–H groups in total. The third-order valence-corrected chi connectivity index (χ3v) is 8.12. The van der Waals surface area contributed by atoms with Crippen molar-refractivity contribution in [2.45, 2.75) is 149 Å². The average Bonchev–Trinajstić information content (AvgIpc) is 2.90. The van der Waals surface area contributed by atoms with Gasteiger partial charge in [-0.05, 0) is 49.5 Å². The number of para-hydroxylation sites is 1. The van der Waals surface area contributed by atoms with E-state index < -0.39 is 0 Å². The van der Waals surface area contributed by atoms with E-state index in [-0.39, 0.29) is 12.1 Å². The first-order valence-corrected chi connectivity index (χ1v) is 16.8. The lowest BCUT2D eigenvalue weighted by molar-refractivity contribution is -0.145. The van der Waals surface area contributed by atoms with Gasteiger partial charge in [0.15, 0.2) is 0 Å². The van der Waals surface area contributed by atoms with Gasteiger partial charge >= 0.3 is 5.97 Å². The van der Waals surface area contributed by atoms with Crippen molar-refractivity contribution in [2.75, 3.05) is 18.1 Å². The smallest absolute Gasteiger partial charge is 0.306 e. The molecule has 0 saturated heterocycles. The van der Waals surface area contributed by atoms with Crippen molar-refractivity contribution in [3.05, 3.63) is 29.8 Å². The predicted molar refractivity (Wildman–Crippen MR) is 163 cm³/mol. The summed E-state index contributed by atoms with van der Waals surface area (Å²) in [6.45, 7) is 9.09. The fraction of sp³-hybridized carbons (Fsp3) is 0.788. The molecule has 0 radical (unpaired) electrons. The van der Waals surface area contributed by atoms with E-state index in [1.54, 1.807) is 0 Å². The lowest BCUT2D eigenvalue weighted by atomic mass is 9.89. The SMILES string of the molecule is CCCCCCCCCCCCSCCC(=O)OCC(C)Oc1ccccc1C(CCC)CCCCC. The van der Waals surface area contributed by atoms with Gasteiger partial charge in [-0.25, -0.2) is 0 Å². The van der Waals surface area contributed by atoms with Gasteiger partial charge in [-0.3, -0.25) is 4.79 Å². The fourth-order valence-corrected chi connectivity index (χ4v) is 5.78. The Bertz CT molecular complexity index is 663. The van der Waals surface area contributed by atoms with E-state index in [1.165, 1.54) is 108 Å². The van der Waals surface area contributed by atoms with Gasteiger partial charge in [0.05, 0.1) is 6.42 Å². The van der Waals surface area contributed by atoms with Gasteiger partial charge in [-0.15, -0.1) is 0 Å². The fourth-order valence-electron chi connectivity index (χ4n) is 4.85. The quantitative estimate of drug-likeness (QED) is 0.0923. The topological polar surface area (TPSA) is 35.5 Å². The summed E-state index contributed by atoms with van der Waals surface area (Å²) < 4.78 is 11.8. The first-order chi connectivity index (χ1) is 18.1. The first-order valence-electron chi connectivity index (χ1n) is 15.6. The maximum absolute atomic E-state index is 12.2. The molecule has 0 spiro atoms. The molecule has 0 amide bonds. The largest absolute Gasteiger partial charge is 0.487 e. The zero-order valence-corrected chi connectivity index (χ0v) is 25.6. The minimum atomic E-state index is -0.151. The molecule has 0 fully saturated rings. The second-order valence-electron chi connectivity index (χ2n) is 10.7. The molecular formula is C33H58O3S. The van der Waals surface area contributed by atoms with Gasteiger partial charge in [0, 0.05) is 5.75 Å². The van der Waals surface area contributed by atoms with Crippen molar-refractivity contribution >= 4 is 17.7 Å². The normalized spacial score (nSPS) is 12.9. The summed E-state index contributed by atoms with van der Waals surface area (Å²) in [4.78, 5) is 12.2. The Morgan fingerprint density at radius 1 is 0.757 bits per heavy atom. The molecule has 1 aromatic carbocycles. The Balaban J connectivity index is 2.18. The lowest BCUT2D eigenvalue weighted by Gasteiger charge is -2.22. The number of benzene rings is 1. The summed E-state index contributed by atoms with van der Waals surface area (Å²) in [5.41, 5.74) is 1.31. The summed E-state index contributed by atoms with van der Waals surface area (Å²) in [5, 5.41) is 0. The van der Waals surface area contributed by atoms with Gasteiger partial charge < -0.3 is 9.47 Å². The molecule has 4 heteroatoms. The van der Waals surface area contributed by atoms with E-state index in [2.05, 4.69) is 39.0 Å². The van der Waals surface area contributed by atoms with E-state index in [4.69, 9.17) is 9.47 Å². The Labute approximate surface area is 234 Å². The van der Waals surface area contributed by atoms with Gasteiger partial charge in [0.2, 0.25) is 0 Å². The number of rotatable bonds is 25. The summed E-state index contributed by atoms with van der Waals surface area (Å²) in [6.07, 6.45) is 21.4. The maximum atomic E-state index is 12.2. The summed E-state index contributed by atoms with van der Waals surface area (Å²) >= 11 is 1.88. The van der Waals surface area contributed by atoms with Crippen LogP contribution in [-0.4, -0.2) is 30.2 Å². The minimum Gasteiger partial charge on any atom is -0.487 e. The highest BCUT2D eigenvalue weighted by Crippen LogP contribution is 2.34. The second-order valence-corrected chi connectivity index (χ2v) is 11.9. The monoisotopic (exact) mass is 534 g/mol. The lowest BCUT2D eigenvalue weighted by Crippen LogP contribution is -2.22. The van der Waals surface area contributed by atoms with Crippen LogP contribution in [0.15, 0.2) is 24.3 Å². The molecule has 0 aliphatic carbocycles. The molecule has 0 aliphatic heterocycles. The molecule has 0 aliphatic rings. The average molecular weight is 535 g/mol. The number of thioether (sulfide) groups is 1. The van der Waals surface area contributed by atoms with Gasteiger partial charge in [0.25, 0.3) is 0 Å². The maximum Gasteiger partial charge on any atom is 0.306 e. The molecule has 0 heterocycles. The van der Waals surface area contributed by atoms with Gasteiger partial charge in [-0.2, -0.15) is 11.8 Å². The molecule has 0 bridgehead atoms. The van der Waals surface area contributed by atoms with Crippen LogP contribution in [0.1, 0.15) is 148 Å². The minimum absolute atomic E-state index is 0.109. The van der Waals surface area contributed by atoms with Crippen LogP contribution < -0.4 is 4.74 Å². The molecule has 214 valence electrons. The molecular weight excluding hydrogens is 476 g/mol. The van der Waals surface area contributed by atoms with Crippen LogP contribution in [0.25, 0.3) is 0 Å². The van der Waals surface area contributed by atoms with E-state index in [1.807, 2.05) is 24.8 Å². The predicted octanol–water partition coefficient (Wildman–Crippen LogP) is 10.5. The van der Waals surface area contributed by atoms with Crippen molar-refractivity contribution in [3.8, 4) is 5.75 Å². The standard InChI is InChI=1S/C33H58O3S/c1-5-8-10-11-12-13-14-15-16-20-26-37-27-25-33(34)35-28-29(4)36-32-24-19-18-23-31(32)30(21-7-3)22-17-9-6-2/h18-19,23-24,29-30H,5-17,20-22,25-28H2,1-4H3. The van der Waals surface area contributed by atoms with E-state index in [0.717, 1.165) is 17.3 Å². The number of carbonyl (C=O) groups is 1. The van der Waals surface area contributed by atoms with Gasteiger partial charge in [-0.1, -0.05) is 122 Å². The molecule has 37 heavy (non-hydrogen) atoms. The summed E-state index contributed by atoms with van der Waals surface area (Å²) in [6, 6.07) is 8.44. The highest BCUT2D eigenvalue weighted by atomic mass is 32.2. The number of esters is 1. The second kappa shape index (κ2) is 23.9. The van der Waals surface area contributed by atoms with Crippen LogP contribution in [-0.2, 0) is 9.53 Å². The van der Waals surface area contributed by atoms with Crippen molar-refractivity contribution < 1.29 is 14.3 Å². The van der Waals surface area contributed by atoms with E-state index in [9.17, 15) is 4.79 Å². The molecule has 2 unspecified atom stereocenters. The van der Waals surface area contributed by atoms with Crippen molar-refractivity contribution in [1.29, 1.82) is 0 Å². The first kappa shape index (κ1) is 33.9. The van der Waals surface area contributed by atoms with Crippen LogP contribution in [0.4, 0.5) is 0 Å². The van der Waals surface area contributed by atoms with Gasteiger partial charge in [0.1, 0.15) is 18.5 Å². The van der Waals surface area contributed by atoms with Crippen molar-refractivity contribution in [3.63, 3.8) is 0 Å². The number of hydrogen-bond acceptors (Lipinski definition) is 4. The van der Waals surface area contributed by atoms with E-state index >= 15 is 0 Å². The van der Waals surface area contributed by atoms with Crippen molar-refractivity contribution in [1.82, 2.24) is 0 Å². The molecule has 1 aromatic rings. The zero-order valence-electron chi connectivity index (χ0n) is 24.7. The highest BCUT2D eigenvalue weighted by molar-refractivity contribution is 7.99. The number of unbranched alkanes of at least 4 members (excludes halogenated alkanes) is 11. The Hall–Kier alpha value is -1.16. The van der Waals surface area contributed by atoms with Crippen LogP contribution in [0.2, 0.25) is 0 Å². The third-order valence-electron chi connectivity index (χ3n) is 7.05. The van der Waals surface area contributed by atoms with Crippen LogP contribution in [0.3, 0.4) is 0 Å². The van der Waals surface area contributed by atoms with Crippen LogP contribution in [0, 0.1) is 0 Å². The van der Waals surface area contributed by atoms with Crippen molar-refractivity contribution in [2.24, 2.45) is 0 Å². The molecule has 2 atom stereocenters. The third kappa shape index (κ3) is 17.9. The molecule has 0 aromatic heterocycles. The summed E-state index contributed by atoms with van der Waals surface area (Å²) in [5.74, 6) is 3.38. The molecule has 0 saturated carbocycles. The number of ether oxygens (including phenoxy) is 2. The Morgan fingerprint density at radius 3 is 2.05 bits per heavy atom. The van der Waals surface area contributed by atoms with Crippen LogP contribution in [0.5, 0.6) is 5.75 Å². The van der Waals surface area contributed by atoms with Crippen LogP contribution >= 0.6 is 11.8 Å². The highest BCUT2D eigenvalue weighted by Gasteiger charge is 2.17. The summed E-state index contributed by atoms with van der Waals surface area (Å²) in [7, 11) is 0.